The molecule has 0 spiro atoms. The van der Waals surface area contributed by atoms with E-state index in [1.165, 1.54) is 18.3 Å². The predicted octanol–water partition coefficient (Wildman–Crippen LogP) is 2.24. The van der Waals surface area contributed by atoms with Gasteiger partial charge in [0, 0.05) is 17.6 Å². The number of phenolic OH excluding ortho intramolecular Hbond substituents is 2. The molecule has 2 heterocycles. The fourth-order valence-electron chi connectivity index (χ4n) is 2.56. The smallest absolute Gasteiger partial charge is 0.347 e. The summed E-state index contributed by atoms with van der Waals surface area (Å²) >= 11 is 0. The van der Waals surface area contributed by atoms with Crippen LogP contribution in [0.4, 0.5) is 0 Å². The van der Waals surface area contributed by atoms with Gasteiger partial charge >= 0.3 is 5.63 Å². The van der Waals surface area contributed by atoms with Crippen LogP contribution >= 0.6 is 0 Å². The van der Waals surface area contributed by atoms with Crippen molar-refractivity contribution in [3.05, 3.63) is 64.6 Å². The number of benzene rings is 2. The molecule has 0 amide bonds. The molecule has 2 aromatic heterocycles. The minimum Gasteiger partial charge on any atom is -0.508 e. The van der Waals surface area contributed by atoms with Crippen molar-refractivity contribution in [2.45, 2.75) is 0 Å². The third-order valence-corrected chi connectivity index (χ3v) is 3.70. The standard InChI is InChI=1S/C17H10N2O5/c20-9-5-6-10(13(21)7-9)16(22)19-8-12-15(18-19)11-3-1-2-4-14(11)24-17(12)23/h1-8,20-21H. The summed E-state index contributed by atoms with van der Waals surface area (Å²) < 4.78 is 6.18. The molecule has 0 aliphatic rings. The van der Waals surface area contributed by atoms with Gasteiger partial charge in [0.1, 0.15) is 28.0 Å². The van der Waals surface area contributed by atoms with Crippen LogP contribution in [0, 0.1) is 0 Å². The molecule has 4 rings (SSSR count). The molecule has 118 valence electrons. The van der Waals surface area contributed by atoms with Gasteiger partial charge in [0.15, 0.2) is 0 Å². The van der Waals surface area contributed by atoms with Crippen molar-refractivity contribution in [2.24, 2.45) is 0 Å². The van der Waals surface area contributed by atoms with Crippen LogP contribution in [-0.2, 0) is 0 Å². The van der Waals surface area contributed by atoms with Crippen molar-refractivity contribution in [3.63, 3.8) is 0 Å². The van der Waals surface area contributed by atoms with Gasteiger partial charge in [0.05, 0.1) is 5.56 Å². The second-order valence-corrected chi connectivity index (χ2v) is 5.23. The molecule has 0 aliphatic carbocycles. The lowest BCUT2D eigenvalue weighted by molar-refractivity contribution is 0.0943. The lowest BCUT2D eigenvalue weighted by Crippen LogP contribution is -2.12. The largest absolute Gasteiger partial charge is 0.508 e. The van der Waals surface area contributed by atoms with E-state index in [0.29, 0.717) is 16.5 Å². The molecule has 0 fully saturated rings. The van der Waals surface area contributed by atoms with Gasteiger partial charge in [0.25, 0.3) is 5.91 Å². The van der Waals surface area contributed by atoms with E-state index < -0.39 is 11.5 Å². The third kappa shape index (κ3) is 2.03. The monoisotopic (exact) mass is 322 g/mol. The Morgan fingerprint density at radius 3 is 2.67 bits per heavy atom. The van der Waals surface area contributed by atoms with E-state index in [2.05, 4.69) is 5.10 Å². The maximum atomic E-state index is 12.5. The topological polar surface area (TPSA) is 106 Å². The summed E-state index contributed by atoms with van der Waals surface area (Å²) in [7, 11) is 0. The summed E-state index contributed by atoms with van der Waals surface area (Å²) in [5, 5.41) is 24.1. The minimum absolute atomic E-state index is 0.0469. The average Bonchev–Trinajstić information content (AvgIpc) is 3.01. The third-order valence-electron chi connectivity index (χ3n) is 3.70. The van der Waals surface area contributed by atoms with Crippen LogP contribution in [0.3, 0.4) is 0 Å². The molecule has 0 saturated heterocycles. The van der Waals surface area contributed by atoms with Crippen LogP contribution in [0.1, 0.15) is 10.4 Å². The maximum absolute atomic E-state index is 12.5. The Bertz CT molecular complexity index is 1170. The van der Waals surface area contributed by atoms with Crippen LogP contribution in [-0.4, -0.2) is 25.9 Å². The van der Waals surface area contributed by atoms with Crippen molar-refractivity contribution in [2.75, 3.05) is 0 Å². The summed E-state index contributed by atoms with van der Waals surface area (Å²) in [6.07, 6.45) is 1.27. The molecule has 2 N–H and O–H groups in total. The lowest BCUT2D eigenvalue weighted by Gasteiger charge is -2.03. The highest BCUT2D eigenvalue weighted by atomic mass is 16.4. The van der Waals surface area contributed by atoms with Crippen LogP contribution in [0.5, 0.6) is 11.5 Å². The zero-order valence-electron chi connectivity index (χ0n) is 12.1. The highest BCUT2D eigenvalue weighted by molar-refractivity contribution is 6.04. The molecule has 0 saturated carbocycles. The van der Waals surface area contributed by atoms with Gasteiger partial charge in [0.2, 0.25) is 0 Å². The van der Waals surface area contributed by atoms with Crippen LogP contribution in [0.15, 0.2) is 57.9 Å². The number of nitrogens with zero attached hydrogens (tertiary/aromatic N) is 2. The average molecular weight is 322 g/mol. The van der Waals surface area contributed by atoms with E-state index in [9.17, 15) is 19.8 Å². The number of fused-ring (bicyclic) bond motifs is 3. The highest BCUT2D eigenvalue weighted by Gasteiger charge is 2.18. The van der Waals surface area contributed by atoms with Crippen molar-refractivity contribution in [1.29, 1.82) is 0 Å². The molecule has 2 aromatic carbocycles. The van der Waals surface area contributed by atoms with Crippen molar-refractivity contribution < 1.29 is 19.4 Å². The quantitative estimate of drug-likeness (QED) is 0.521. The molecule has 0 radical (unpaired) electrons. The number of para-hydroxylation sites is 1. The van der Waals surface area contributed by atoms with Crippen molar-refractivity contribution >= 4 is 27.8 Å². The normalized spacial score (nSPS) is 11.2. The molecule has 24 heavy (non-hydrogen) atoms. The second-order valence-electron chi connectivity index (χ2n) is 5.23. The summed E-state index contributed by atoms with van der Waals surface area (Å²) in [6, 6.07) is 10.5. The number of carbonyl (C=O) groups is 1. The molecule has 0 aliphatic heterocycles. The zero-order chi connectivity index (χ0) is 16.8. The number of carbonyl (C=O) groups excluding carboxylic acids is 1. The van der Waals surface area contributed by atoms with Gasteiger partial charge in [-0.25, -0.2) is 9.48 Å². The van der Waals surface area contributed by atoms with E-state index in [1.54, 1.807) is 24.3 Å². The fourth-order valence-corrected chi connectivity index (χ4v) is 2.56. The SMILES string of the molecule is O=C(c1ccc(O)cc1O)n1cc2c(=O)oc3ccccc3c2n1. The second kappa shape index (κ2) is 4.95. The number of aromatic nitrogens is 2. The van der Waals surface area contributed by atoms with E-state index in [4.69, 9.17) is 4.42 Å². The predicted molar refractivity (Wildman–Crippen MR) is 85.3 cm³/mol. The Labute approximate surface area is 134 Å². The first-order valence-electron chi connectivity index (χ1n) is 7.02. The summed E-state index contributed by atoms with van der Waals surface area (Å²) in [4.78, 5) is 24.6. The molecular formula is C17H10N2O5. The first-order valence-corrected chi connectivity index (χ1v) is 7.02. The molecule has 4 aromatic rings. The fraction of sp³-hybridized carbons (Fsp3) is 0. The number of hydrogen-bond acceptors (Lipinski definition) is 6. The van der Waals surface area contributed by atoms with E-state index in [-0.39, 0.29) is 22.4 Å². The number of aromatic hydroxyl groups is 2. The van der Waals surface area contributed by atoms with Crippen molar-refractivity contribution in [1.82, 2.24) is 9.78 Å². The van der Waals surface area contributed by atoms with Gasteiger partial charge in [-0.15, -0.1) is 0 Å². The first-order chi connectivity index (χ1) is 11.5. The zero-order valence-corrected chi connectivity index (χ0v) is 12.1. The molecule has 7 heteroatoms. The molecule has 7 nitrogen and oxygen atoms in total. The van der Waals surface area contributed by atoms with Gasteiger partial charge in [-0.1, -0.05) is 12.1 Å². The van der Waals surface area contributed by atoms with E-state index >= 15 is 0 Å². The lowest BCUT2D eigenvalue weighted by atomic mass is 10.2. The Balaban J connectivity index is 1.95. The number of rotatable bonds is 1. The summed E-state index contributed by atoms with van der Waals surface area (Å²) in [6.45, 7) is 0. The van der Waals surface area contributed by atoms with Gasteiger partial charge < -0.3 is 14.6 Å². The molecule has 0 unspecified atom stereocenters. The van der Waals surface area contributed by atoms with E-state index in [0.717, 1.165) is 10.7 Å². The number of phenols is 2. The molecular weight excluding hydrogens is 312 g/mol. The number of hydrogen-bond donors (Lipinski definition) is 2. The van der Waals surface area contributed by atoms with Crippen molar-refractivity contribution in [3.8, 4) is 11.5 Å². The van der Waals surface area contributed by atoms with Crippen LogP contribution < -0.4 is 5.63 Å². The maximum Gasteiger partial charge on any atom is 0.347 e. The molecule has 0 bridgehead atoms. The Hall–Kier alpha value is -3.61. The highest BCUT2D eigenvalue weighted by Crippen LogP contribution is 2.25. The van der Waals surface area contributed by atoms with Gasteiger partial charge in [-0.05, 0) is 24.3 Å². The van der Waals surface area contributed by atoms with Crippen LogP contribution in [0.2, 0.25) is 0 Å². The minimum atomic E-state index is -0.632. The van der Waals surface area contributed by atoms with E-state index in [1.807, 2.05) is 0 Å². The van der Waals surface area contributed by atoms with Crippen LogP contribution in [0.25, 0.3) is 21.9 Å². The summed E-state index contributed by atoms with van der Waals surface area (Å²) in [5.74, 6) is -1.18. The Morgan fingerprint density at radius 1 is 1.08 bits per heavy atom. The van der Waals surface area contributed by atoms with Gasteiger partial charge in [-0.3, -0.25) is 4.79 Å². The Kier molecular flexibility index (Phi) is 2.89. The Morgan fingerprint density at radius 2 is 1.88 bits per heavy atom. The molecule has 0 atom stereocenters. The van der Waals surface area contributed by atoms with Gasteiger partial charge in [-0.2, -0.15) is 5.10 Å². The first kappa shape index (κ1) is 14.0. The summed E-state index contributed by atoms with van der Waals surface area (Å²) in [5.41, 5.74) is 0.0700.